The lowest BCUT2D eigenvalue weighted by molar-refractivity contribution is -0.133. The summed E-state index contributed by atoms with van der Waals surface area (Å²) in [5.74, 6) is 0.581. The van der Waals surface area contributed by atoms with Crippen LogP contribution in [0.4, 0.5) is 0 Å². The van der Waals surface area contributed by atoms with Crippen molar-refractivity contribution in [2.45, 2.75) is 25.4 Å². The van der Waals surface area contributed by atoms with E-state index in [1.54, 1.807) is 0 Å². The smallest absolute Gasteiger partial charge is 0.246 e. The molecule has 0 radical (unpaired) electrons. The molecular weight excluding hydrogens is 316 g/mol. The fourth-order valence-corrected chi connectivity index (χ4v) is 2.67. The van der Waals surface area contributed by atoms with Gasteiger partial charge in [-0.15, -0.1) is 22.6 Å². The third-order valence-corrected chi connectivity index (χ3v) is 3.94. The van der Waals surface area contributed by atoms with Crippen molar-refractivity contribution in [1.82, 2.24) is 30.4 Å². The number of nitrogens with one attached hydrogen (secondary N) is 1. The normalized spacial score (nSPS) is 17.6. The fraction of sp³-hybridized carbons (Fsp3) is 0.467. The average molecular weight is 337 g/mol. The number of carbonyl (C=O) groups excluding carboxylic acids is 1. The van der Waals surface area contributed by atoms with Crippen molar-refractivity contribution in [2.75, 3.05) is 20.1 Å². The molecule has 1 aliphatic heterocycles. The van der Waals surface area contributed by atoms with Crippen LogP contribution in [0.1, 0.15) is 12.8 Å². The molecule has 3 rings (SSSR count). The van der Waals surface area contributed by atoms with Gasteiger partial charge in [-0.05, 0) is 25.1 Å². The summed E-state index contributed by atoms with van der Waals surface area (Å²) in [6, 6.07) is 10.0. The van der Waals surface area contributed by atoms with Crippen LogP contribution in [0, 0.1) is 0 Å². The van der Waals surface area contributed by atoms with Crippen LogP contribution in [0.15, 0.2) is 30.3 Å². The van der Waals surface area contributed by atoms with E-state index in [-0.39, 0.29) is 24.9 Å². The largest absolute Gasteiger partial charge is 0.339 e. The van der Waals surface area contributed by atoms with Crippen LogP contribution in [0.5, 0.6) is 0 Å². The molecule has 0 saturated carbocycles. The van der Waals surface area contributed by atoms with Crippen LogP contribution in [-0.2, 0) is 11.3 Å². The second kappa shape index (κ2) is 8.03. The van der Waals surface area contributed by atoms with E-state index in [0.29, 0.717) is 11.9 Å². The molecule has 7 nitrogen and oxygen atoms in total. The predicted molar refractivity (Wildman–Crippen MR) is 89.2 cm³/mol. The number of nitrogens with zero attached hydrogens (tertiary/aromatic N) is 5. The summed E-state index contributed by atoms with van der Waals surface area (Å²) in [5.41, 5.74) is 0.898. The number of hydrogen-bond donors (Lipinski definition) is 1. The van der Waals surface area contributed by atoms with Crippen LogP contribution >= 0.6 is 12.4 Å². The number of halogens is 1. The van der Waals surface area contributed by atoms with Gasteiger partial charge in [-0.1, -0.05) is 30.3 Å². The Hall–Kier alpha value is -1.99. The molecule has 2 aromatic rings. The molecule has 0 aliphatic carbocycles. The standard InChI is InChI=1S/C15H20N6O.ClH/c1-16-13-8-5-9-20(10-13)14(22)11-21-18-15(17-19-21)12-6-3-2-4-7-12;/h2-4,6-7,13,16H,5,8-11H2,1H3;1H. The zero-order valence-electron chi connectivity index (χ0n) is 13.1. The van der Waals surface area contributed by atoms with Crippen LogP contribution < -0.4 is 5.32 Å². The first kappa shape index (κ1) is 17.4. The van der Waals surface area contributed by atoms with Crippen LogP contribution in [-0.4, -0.2) is 57.2 Å². The van der Waals surface area contributed by atoms with E-state index in [4.69, 9.17) is 0 Å². The number of rotatable bonds is 4. The highest BCUT2D eigenvalue weighted by Gasteiger charge is 2.23. The van der Waals surface area contributed by atoms with Gasteiger partial charge in [-0.2, -0.15) is 4.80 Å². The number of benzene rings is 1. The van der Waals surface area contributed by atoms with E-state index in [2.05, 4.69) is 20.7 Å². The topological polar surface area (TPSA) is 75.9 Å². The third kappa shape index (κ3) is 4.27. The first-order chi connectivity index (χ1) is 10.8. The predicted octanol–water partition coefficient (Wildman–Crippen LogP) is 0.972. The van der Waals surface area contributed by atoms with Crippen molar-refractivity contribution in [3.05, 3.63) is 30.3 Å². The number of piperidine rings is 1. The van der Waals surface area contributed by atoms with Crippen LogP contribution in [0.2, 0.25) is 0 Å². The van der Waals surface area contributed by atoms with E-state index in [9.17, 15) is 4.79 Å². The van der Waals surface area contributed by atoms with Crippen molar-refractivity contribution < 1.29 is 4.79 Å². The second-order valence-electron chi connectivity index (χ2n) is 5.48. The van der Waals surface area contributed by atoms with Gasteiger partial charge in [0.15, 0.2) is 0 Å². The molecule has 1 N–H and O–H groups in total. The summed E-state index contributed by atoms with van der Waals surface area (Å²) in [6.07, 6.45) is 2.14. The van der Waals surface area contributed by atoms with Gasteiger partial charge in [-0.25, -0.2) is 0 Å². The number of likely N-dealkylation sites (N-methyl/N-ethyl adjacent to an activating group) is 1. The van der Waals surface area contributed by atoms with Gasteiger partial charge in [0.1, 0.15) is 6.54 Å². The number of likely N-dealkylation sites (tertiary alicyclic amines) is 1. The lowest BCUT2D eigenvalue weighted by Gasteiger charge is -2.32. The maximum Gasteiger partial charge on any atom is 0.246 e. The molecule has 0 spiro atoms. The molecule has 2 heterocycles. The zero-order valence-corrected chi connectivity index (χ0v) is 13.9. The molecule has 8 heteroatoms. The lowest BCUT2D eigenvalue weighted by Crippen LogP contribution is -2.48. The fourth-order valence-electron chi connectivity index (χ4n) is 2.67. The molecule has 1 aromatic carbocycles. The molecule has 0 bridgehead atoms. The molecule has 23 heavy (non-hydrogen) atoms. The highest BCUT2D eigenvalue weighted by Crippen LogP contribution is 2.13. The maximum absolute atomic E-state index is 12.3. The van der Waals surface area contributed by atoms with Gasteiger partial charge >= 0.3 is 0 Å². The molecular formula is C15H21ClN6O. The summed E-state index contributed by atoms with van der Waals surface area (Å²) in [7, 11) is 1.93. The van der Waals surface area contributed by atoms with Gasteiger partial charge in [0.25, 0.3) is 0 Å². The monoisotopic (exact) mass is 336 g/mol. The molecule has 1 aliphatic rings. The molecule has 1 unspecified atom stereocenters. The molecule has 1 amide bonds. The molecule has 1 aromatic heterocycles. The van der Waals surface area contributed by atoms with Crippen molar-refractivity contribution in [2.24, 2.45) is 0 Å². The number of amides is 1. The number of carbonyl (C=O) groups is 1. The Balaban J connectivity index is 0.00000192. The highest BCUT2D eigenvalue weighted by atomic mass is 35.5. The Morgan fingerprint density at radius 1 is 1.35 bits per heavy atom. The summed E-state index contributed by atoms with van der Waals surface area (Å²) in [6.45, 7) is 1.68. The summed E-state index contributed by atoms with van der Waals surface area (Å²) in [4.78, 5) is 15.6. The summed E-state index contributed by atoms with van der Waals surface area (Å²) in [5, 5.41) is 15.5. The average Bonchev–Trinajstić information content (AvgIpc) is 3.04. The Morgan fingerprint density at radius 2 is 2.13 bits per heavy atom. The van der Waals surface area contributed by atoms with Crippen LogP contribution in [0.25, 0.3) is 11.4 Å². The van der Waals surface area contributed by atoms with Gasteiger partial charge in [0.2, 0.25) is 11.7 Å². The van der Waals surface area contributed by atoms with Crippen molar-refractivity contribution in [3.63, 3.8) is 0 Å². The summed E-state index contributed by atoms with van der Waals surface area (Å²) < 4.78 is 0. The number of hydrogen-bond acceptors (Lipinski definition) is 5. The third-order valence-electron chi connectivity index (χ3n) is 3.94. The minimum absolute atomic E-state index is 0. The molecule has 1 atom stereocenters. The minimum Gasteiger partial charge on any atom is -0.339 e. The number of aromatic nitrogens is 4. The van der Waals surface area contributed by atoms with Gasteiger partial charge in [0, 0.05) is 24.7 Å². The molecule has 1 saturated heterocycles. The Labute approximate surface area is 141 Å². The number of tetrazole rings is 1. The van der Waals surface area contributed by atoms with E-state index in [0.717, 1.165) is 31.5 Å². The first-order valence-corrected chi connectivity index (χ1v) is 7.54. The van der Waals surface area contributed by atoms with Crippen LogP contribution in [0.3, 0.4) is 0 Å². The van der Waals surface area contributed by atoms with E-state index < -0.39 is 0 Å². The van der Waals surface area contributed by atoms with E-state index >= 15 is 0 Å². The van der Waals surface area contributed by atoms with Crippen molar-refractivity contribution in [1.29, 1.82) is 0 Å². The lowest BCUT2D eigenvalue weighted by atomic mass is 10.1. The maximum atomic E-state index is 12.3. The Morgan fingerprint density at radius 3 is 2.87 bits per heavy atom. The first-order valence-electron chi connectivity index (χ1n) is 7.54. The van der Waals surface area contributed by atoms with Gasteiger partial charge in [0.05, 0.1) is 0 Å². The van der Waals surface area contributed by atoms with E-state index in [1.807, 2.05) is 42.3 Å². The quantitative estimate of drug-likeness (QED) is 0.900. The van der Waals surface area contributed by atoms with Crippen molar-refractivity contribution >= 4 is 18.3 Å². The van der Waals surface area contributed by atoms with E-state index in [1.165, 1.54) is 4.80 Å². The Bertz CT molecular complexity index is 632. The van der Waals surface area contributed by atoms with Crippen molar-refractivity contribution in [3.8, 4) is 11.4 Å². The zero-order chi connectivity index (χ0) is 15.4. The SMILES string of the molecule is CNC1CCCN(C(=O)Cn2nnc(-c3ccccc3)n2)C1.Cl. The molecule has 1 fully saturated rings. The highest BCUT2D eigenvalue weighted by molar-refractivity contribution is 5.85. The van der Waals surface area contributed by atoms with Gasteiger partial charge < -0.3 is 10.2 Å². The minimum atomic E-state index is 0. The summed E-state index contributed by atoms with van der Waals surface area (Å²) >= 11 is 0. The Kier molecular flexibility index (Phi) is 6.06. The molecule has 124 valence electrons. The second-order valence-corrected chi connectivity index (χ2v) is 5.48. The van der Waals surface area contributed by atoms with Gasteiger partial charge in [-0.3, -0.25) is 4.79 Å².